The average Bonchev–Trinajstić information content (AvgIpc) is 3.59. The number of ether oxygens (including phenoxy) is 2. The molecule has 210 valence electrons. The minimum absolute atomic E-state index is 0.00436. The van der Waals surface area contributed by atoms with Gasteiger partial charge in [0.1, 0.15) is 11.5 Å². The largest absolute Gasteiger partial charge is 0.494 e. The second-order valence-electron chi connectivity index (χ2n) is 8.54. The number of fused-ring (bicyclic) bond motifs is 2. The van der Waals surface area contributed by atoms with Crippen LogP contribution in [0.15, 0.2) is 76.3 Å². The van der Waals surface area contributed by atoms with Crippen molar-refractivity contribution in [2.24, 2.45) is 51.4 Å². The van der Waals surface area contributed by atoms with E-state index in [1.54, 1.807) is 12.1 Å². The first kappa shape index (κ1) is 25.8. The number of carbonyl (C=O) groups is 2. The first-order chi connectivity index (χ1) is 20.3. The Hall–Kier alpha value is -6.46. The van der Waals surface area contributed by atoms with Crippen LogP contribution in [0.25, 0.3) is 11.1 Å². The number of hydrogen-bond donors (Lipinski definition) is 6. The Balaban J connectivity index is 1.14. The number of hydrogen-bond acceptors (Lipinski definition) is 16. The predicted octanol–water partition coefficient (Wildman–Crippen LogP) is -0.668. The highest BCUT2D eigenvalue weighted by Gasteiger charge is 2.29. The van der Waals surface area contributed by atoms with Gasteiger partial charge in [0.25, 0.3) is 0 Å². The molecule has 0 aliphatic carbocycles. The number of nitrogens with one attached hydrogen (secondary N) is 4. The Morgan fingerprint density at radius 1 is 0.571 bits per heavy atom. The van der Waals surface area contributed by atoms with Crippen LogP contribution < -0.4 is 42.6 Å². The molecule has 0 aromatic heterocycles. The van der Waals surface area contributed by atoms with Crippen LogP contribution in [-0.4, -0.2) is 73.0 Å². The molecule has 18 nitrogen and oxygen atoms in total. The highest BCUT2D eigenvalue weighted by atomic mass is 16.5. The number of amides is 2. The third kappa shape index (κ3) is 4.85. The molecule has 4 heterocycles. The lowest BCUT2D eigenvalue weighted by Crippen LogP contribution is -2.29. The Morgan fingerprint density at radius 3 is 1.40 bits per heavy atom. The summed E-state index contributed by atoms with van der Waals surface area (Å²) in [5, 5.41) is 0. The van der Waals surface area contributed by atoms with Crippen LogP contribution in [0, 0.1) is 0 Å². The molecule has 6 rings (SSSR count). The zero-order valence-corrected chi connectivity index (χ0v) is 21.8. The summed E-state index contributed by atoms with van der Waals surface area (Å²) < 4.78 is 11.1. The summed E-state index contributed by atoms with van der Waals surface area (Å²) >= 11 is 0. The highest BCUT2D eigenvalue weighted by Crippen LogP contribution is 2.34. The van der Waals surface area contributed by atoms with Gasteiger partial charge in [-0.1, -0.05) is 12.1 Å². The molecular weight excluding hydrogens is 548 g/mol. The SMILES string of the molecule is COc1cc(-c2ccc(NNC3=NC4=NC(N)=NC(=O)C4=N3)c(OC)c2)ccc1NNC1=NC2=NC(N)=NC(=O)C2=N1. The molecule has 0 atom stereocenters. The molecule has 0 saturated heterocycles. The number of methoxy groups -OCH3 is 2. The fourth-order valence-electron chi connectivity index (χ4n) is 4.00. The normalized spacial score (nSPS) is 16.8. The molecule has 0 fully saturated rings. The lowest BCUT2D eigenvalue weighted by molar-refractivity contribution is -0.112. The van der Waals surface area contributed by atoms with Gasteiger partial charge in [0, 0.05) is 0 Å². The van der Waals surface area contributed by atoms with Gasteiger partial charge in [-0.2, -0.15) is 30.0 Å². The minimum atomic E-state index is -0.612. The molecule has 2 amide bonds. The molecule has 8 N–H and O–H groups in total. The average molecular weight is 569 g/mol. The smallest absolute Gasteiger partial charge is 0.302 e. The lowest BCUT2D eigenvalue weighted by Gasteiger charge is -2.15. The Morgan fingerprint density at radius 2 is 1.00 bits per heavy atom. The van der Waals surface area contributed by atoms with Crippen molar-refractivity contribution >= 4 is 70.1 Å². The molecule has 4 aliphatic rings. The number of carbonyl (C=O) groups excluding carboxylic acids is 2. The maximum Gasteiger partial charge on any atom is 0.302 e. The van der Waals surface area contributed by atoms with E-state index in [1.165, 1.54) is 14.2 Å². The lowest BCUT2D eigenvalue weighted by atomic mass is 10.0. The van der Waals surface area contributed by atoms with E-state index >= 15 is 0 Å². The number of amidine groups is 2. The first-order valence-electron chi connectivity index (χ1n) is 12.0. The van der Waals surface area contributed by atoms with Crippen molar-refractivity contribution in [3.8, 4) is 22.6 Å². The van der Waals surface area contributed by atoms with Crippen LogP contribution in [0.2, 0.25) is 0 Å². The number of guanidine groups is 4. The van der Waals surface area contributed by atoms with Crippen LogP contribution in [0.1, 0.15) is 0 Å². The van der Waals surface area contributed by atoms with E-state index < -0.39 is 11.8 Å². The minimum Gasteiger partial charge on any atom is -0.494 e. The standard InChI is InChI=1S/C24H20N14O4/c1-41-13-7-9(3-5-11(13)35-37-23-27-15-17(31-23)29-21(25)33-19(15)39)10-4-6-12(14(8-10)42-2)36-38-24-28-16-18(32-24)30-22(26)34-20(16)40/h3-8,35-36H,1-2H3,(H3,25,29,31,33,37,39)(H3,26,30,32,34,38,40). The molecule has 0 spiro atoms. The number of benzene rings is 2. The van der Waals surface area contributed by atoms with E-state index in [4.69, 9.17) is 20.9 Å². The molecule has 18 heteroatoms. The number of hydrazine groups is 2. The van der Waals surface area contributed by atoms with Crippen molar-refractivity contribution in [3.05, 3.63) is 36.4 Å². The second kappa shape index (κ2) is 10.3. The van der Waals surface area contributed by atoms with Gasteiger partial charge in [-0.3, -0.25) is 31.3 Å². The van der Waals surface area contributed by atoms with Gasteiger partial charge in [-0.05, 0) is 35.4 Å². The summed E-state index contributed by atoms with van der Waals surface area (Å²) in [6, 6.07) is 11.0. The third-order valence-electron chi connectivity index (χ3n) is 5.92. The van der Waals surface area contributed by atoms with Gasteiger partial charge in [0.05, 0.1) is 25.6 Å². The maximum absolute atomic E-state index is 11.9. The number of aliphatic imine (C=N–C) groups is 8. The monoisotopic (exact) mass is 568 g/mol. The Bertz CT molecular complexity index is 1680. The molecule has 42 heavy (non-hydrogen) atoms. The van der Waals surface area contributed by atoms with E-state index in [0.29, 0.717) is 22.9 Å². The fourth-order valence-corrected chi connectivity index (χ4v) is 4.00. The zero-order chi connectivity index (χ0) is 29.4. The molecule has 0 bridgehead atoms. The van der Waals surface area contributed by atoms with Gasteiger partial charge < -0.3 is 20.9 Å². The van der Waals surface area contributed by atoms with Crippen molar-refractivity contribution < 1.29 is 19.1 Å². The molecular formula is C24H20N14O4. The summed E-state index contributed by atoms with van der Waals surface area (Å²) in [6.45, 7) is 0. The van der Waals surface area contributed by atoms with Crippen LogP contribution in [-0.2, 0) is 9.59 Å². The molecule has 0 unspecified atom stereocenters. The van der Waals surface area contributed by atoms with E-state index in [2.05, 4.69) is 61.6 Å². The summed E-state index contributed by atoms with van der Waals surface area (Å²) in [6.07, 6.45) is 0. The zero-order valence-electron chi connectivity index (χ0n) is 21.8. The van der Waals surface area contributed by atoms with Crippen molar-refractivity contribution in [3.63, 3.8) is 0 Å². The van der Waals surface area contributed by atoms with E-state index in [1.807, 2.05) is 24.3 Å². The van der Waals surface area contributed by atoms with Gasteiger partial charge in [-0.15, -0.1) is 0 Å². The first-order valence-corrected chi connectivity index (χ1v) is 12.0. The summed E-state index contributed by atoms with van der Waals surface area (Å²) in [5.74, 6) is -0.153. The molecule has 4 aliphatic heterocycles. The van der Waals surface area contributed by atoms with E-state index in [0.717, 1.165) is 11.1 Å². The van der Waals surface area contributed by atoms with Crippen LogP contribution >= 0.6 is 0 Å². The number of rotatable bonds is 7. The van der Waals surface area contributed by atoms with Crippen LogP contribution in [0.4, 0.5) is 11.4 Å². The number of anilines is 2. The van der Waals surface area contributed by atoms with Gasteiger partial charge in [0.2, 0.25) is 23.8 Å². The van der Waals surface area contributed by atoms with E-state index in [9.17, 15) is 9.59 Å². The van der Waals surface area contributed by atoms with Crippen LogP contribution in [0.3, 0.4) is 0 Å². The Kier molecular flexibility index (Phi) is 6.30. The second-order valence-corrected chi connectivity index (χ2v) is 8.54. The fraction of sp³-hybridized carbons (Fsp3) is 0.0833. The third-order valence-corrected chi connectivity index (χ3v) is 5.92. The van der Waals surface area contributed by atoms with E-state index in [-0.39, 0.29) is 46.9 Å². The van der Waals surface area contributed by atoms with Crippen molar-refractivity contribution in [1.82, 2.24) is 10.9 Å². The maximum atomic E-state index is 11.9. The summed E-state index contributed by atoms with van der Waals surface area (Å²) in [4.78, 5) is 55.3. The van der Waals surface area contributed by atoms with Crippen molar-refractivity contribution in [2.45, 2.75) is 0 Å². The molecule has 0 saturated carbocycles. The topological polar surface area (TPSA) is 252 Å². The van der Waals surface area contributed by atoms with Gasteiger partial charge in [-0.25, -0.2) is 9.98 Å². The molecule has 0 radical (unpaired) electrons. The van der Waals surface area contributed by atoms with Crippen molar-refractivity contribution in [1.29, 1.82) is 0 Å². The molecule has 2 aromatic carbocycles. The quantitative estimate of drug-likeness (QED) is 0.230. The van der Waals surface area contributed by atoms with Gasteiger partial charge >= 0.3 is 11.8 Å². The number of nitrogens with zero attached hydrogens (tertiary/aromatic N) is 8. The Labute approximate surface area is 235 Å². The summed E-state index contributed by atoms with van der Waals surface area (Å²) in [5.41, 5.74) is 25.4. The highest BCUT2D eigenvalue weighted by molar-refractivity contribution is 6.72. The van der Waals surface area contributed by atoms with Crippen LogP contribution in [0.5, 0.6) is 11.5 Å². The predicted molar refractivity (Wildman–Crippen MR) is 156 cm³/mol. The van der Waals surface area contributed by atoms with Crippen molar-refractivity contribution in [2.75, 3.05) is 25.1 Å². The molecule has 2 aromatic rings. The number of nitrogens with two attached hydrogens (primary N) is 2. The summed E-state index contributed by atoms with van der Waals surface area (Å²) in [7, 11) is 3.06. The van der Waals surface area contributed by atoms with Gasteiger partial charge in [0.15, 0.2) is 23.1 Å².